The summed E-state index contributed by atoms with van der Waals surface area (Å²) >= 11 is -2.06. The molecular weight excluding hydrogens is 235 g/mol. The van der Waals surface area contributed by atoms with Crippen molar-refractivity contribution in [3.05, 3.63) is 0 Å². The molecule has 0 aromatic carbocycles. The summed E-state index contributed by atoms with van der Waals surface area (Å²) in [5.74, 6) is -0.371. The molecule has 0 heterocycles. The standard InChI is InChI=1S/C2H9NO4S2.3Na.3H/c1-9(6,7)3-2-8(4)5;;;;;;/h9H,2H2,1H3,(H,4,5)(H2,3,6,7);;;;;;. The van der Waals surface area contributed by atoms with Crippen molar-refractivity contribution in [1.29, 1.82) is 0 Å². The van der Waals surface area contributed by atoms with E-state index < -0.39 is 21.5 Å². The molecule has 0 amide bonds. The summed E-state index contributed by atoms with van der Waals surface area (Å²) in [5.41, 5.74) is 0. The van der Waals surface area contributed by atoms with Gasteiger partial charge < -0.3 is 4.55 Å². The zero-order valence-corrected chi connectivity index (χ0v) is 6.48. The van der Waals surface area contributed by atoms with Gasteiger partial charge in [-0.25, -0.2) is 8.93 Å². The molecule has 5 nitrogen and oxygen atoms in total. The molecule has 0 aromatic rings. The van der Waals surface area contributed by atoms with Crippen molar-refractivity contribution in [2.45, 2.75) is 0 Å². The van der Waals surface area contributed by atoms with Crippen molar-refractivity contribution in [1.82, 2.24) is 4.72 Å². The SMILES string of the molecule is C[SH](=O)(O)NCS(=O)O.[NaH].[NaH].[NaH]. The van der Waals surface area contributed by atoms with E-state index in [4.69, 9.17) is 9.11 Å². The Morgan fingerprint density at radius 3 is 1.83 bits per heavy atom. The van der Waals surface area contributed by atoms with Crippen LogP contribution >= 0.6 is 0 Å². The van der Waals surface area contributed by atoms with Gasteiger partial charge >= 0.3 is 88.7 Å². The second-order valence-electron chi connectivity index (χ2n) is 1.50. The van der Waals surface area contributed by atoms with Crippen LogP contribution in [0.4, 0.5) is 0 Å². The molecule has 0 rings (SSSR count). The van der Waals surface area contributed by atoms with Gasteiger partial charge in [-0.15, -0.1) is 0 Å². The molecule has 1 atom stereocenters. The van der Waals surface area contributed by atoms with Crippen LogP contribution in [0.2, 0.25) is 0 Å². The predicted molar refractivity (Wildman–Crippen MR) is 58.3 cm³/mol. The summed E-state index contributed by atoms with van der Waals surface area (Å²) in [7, 11) is -3.32. The van der Waals surface area contributed by atoms with Crippen molar-refractivity contribution < 1.29 is 17.5 Å². The average molecular weight is 247 g/mol. The van der Waals surface area contributed by atoms with Gasteiger partial charge in [-0.3, -0.25) is 4.55 Å². The van der Waals surface area contributed by atoms with Crippen molar-refractivity contribution in [3.8, 4) is 0 Å². The van der Waals surface area contributed by atoms with Crippen LogP contribution in [-0.2, 0) is 21.5 Å². The molecular formula is C2H12NNa3O4S2. The number of nitrogens with one attached hydrogen (secondary N) is 1. The number of hydrogen-bond donors (Lipinski definition) is 4. The van der Waals surface area contributed by atoms with Crippen LogP contribution in [0.15, 0.2) is 0 Å². The van der Waals surface area contributed by atoms with Crippen molar-refractivity contribution in [3.63, 3.8) is 0 Å². The number of hydrogen-bond acceptors (Lipinski definition) is 2. The Bertz CT molecular complexity index is 160. The Hall–Kier alpha value is 3.18. The normalized spacial score (nSPS) is 12.9. The molecule has 0 fully saturated rings. The van der Waals surface area contributed by atoms with Gasteiger partial charge in [0, 0.05) is 6.26 Å². The van der Waals surface area contributed by atoms with E-state index in [1.54, 1.807) is 0 Å². The summed E-state index contributed by atoms with van der Waals surface area (Å²) in [6.07, 6.45) is 1.06. The van der Waals surface area contributed by atoms with E-state index in [9.17, 15) is 8.42 Å². The summed E-state index contributed by atoms with van der Waals surface area (Å²) in [5, 5.41) is 0. The van der Waals surface area contributed by atoms with E-state index in [0.717, 1.165) is 6.26 Å². The first-order valence-corrected chi connectivity index (χ1v) is 5.43. The van der Waals surface area contributed by atoms with Gasteiger partial charge in [0.1, 0.15) is 5.88 Å². The third-order valence-corrected chi connectivity index (χ3v) is 1.83. The van der Waals surface area contributed by atoms with E-state index >= 15 is 0 Å². The number of thiol groups is 1. The van der Waals surface area contributed by atoms with E-state index in [1.165, 1.54) is 0 Å². The quantitative estimate of drug-likeness (QED) is 0.241. The fourth-order valence-electron chi connectivity index (χ4n) is 0.175. The van der Waals surface area contributed by atoms with Gasteiger partial charge in [-0.1, -0.05) is 0 Å². The summed E-state index contributed by atoms with van der Waals surface area (Å²) < 4.78 is 38.7. The molecule has 0 radical (unpaired) electrons. The van der Waals surface area contributed by atoms with Crippen LogP contribution < -0.4 is 4.72 Å². The molecule has 0 aliphatic heterocycles. The Labute approximate surface area is 142 Å². The van der Waals surface area contributed by atoms with Crippen molar-refractivity contribution in [2.75, 3.05) is 12.1 Å². The van der Waals surface area contributed by atoms with Gasteiger partial charge in [0.15, 0.2) is 11.1 Å². The second-order valence-corrected chi connectivity index (χ2v) is 4.51. The zero-order valence-electron chi connectivity index (χ0n) is 4.77. The molecule has 1 unspecified atom stereocenters. The molecule has 10 heteroatoms. The van der Waals surface area contributed by atoms with Gasteiger partial charge in [0.2, 0.25) is 0 Å². The molecule has 0 aliphatic carbocycles. The Morgan fingerprint density at radius 2 is 1.75 bits per heavy atom. The molecule has 0 saturated carbocycles. The minimum absolute atomic E-state index is 0. The Morgan fingerprint density at radius 1 is 1.42 bits per heavy atom. The fraction of sp³-hybridized carbons (Fsp3) is 1.00. The third kappa shape index (κ3) is 23.2. The topological polar surface area (TPSA) is 86.6 Å². The number of rotatable bonds is 3. The van der Waals surface area contributed by atoms with E-state index in [-0.39, 0.29) is 94.5 Å². The minimum atomic E-state index is -3.32. The van der Waals surface area contributed by atoms with Crippen LogP contribution in [0.25, 0.3) is 0 Å². The van der Waals surface area contributed by atoms with Crippen LogP contribution in [0.5, 0.6) is 0 Å². The molecule has 0 saturated heterocycles. The maximum atomic E-state index is 10.3. The van der Waals surface area contributed by atoms with Crippen LogP contribution in [-0.4, -0.2) is 118 Å². The van der Waals surface area contributed by atoms with E-state index in [0.29, 0.717) is 0 Å². The molecule has 64 valence electrons. The molecule has 0 spiro atoms. The van der Waals surface area contributed by atoms with Crippen LogP contribution in [0.3, 0.4) is 0 Å². The average Bonchev–Trinajstić information content (AvgIpc) is 1.59. The Balaban J connectivity index is -0.000000107. The second kappa shape index (κ2) is 12.3. The van der Waals surface area contributed by atoms with E-state index in [2.05, 4.69) is 0 Å². The Kier molecular flexibility index (Phi) is 24.9. The van der Waals surface area contributed by atoms with Crippen molar-refractivity contribution in [2.24, 2.45) is 0 Å². The zero-order chi connectivity index (χ0) is 7.49. The fourth-order valence-corrected chi connectivity index (χ4v) is 1.57. The molecule has 0 aliphatic rings. The predicted octanol–water partition coefficient (Wildman–Crippen LogP) is -3.16. The first-order chi connectivity index (χ1) is 3.92. The molecule has 0 bridgehead atoms. The van der Waals surface area contributed by atoms with Gasteiger partial charge in [-0.05, 0) is 0 Å². The molecule has 3 N–H and O–H groups in total. The van der Waals surface area contributed by atoms with Gasteiger partial charge in [0.25, 0.3) is 0 Å². The van der Waals surface area contributed by atoms with Crippen molar-refractivity contribution >= 4 is 110 Å². The first-order valence-electron chi connectivity index (χ1n) is 2.04. The van der Waals surface area contributed by atoms with Gasteiger partial charge in [-0.2, -0.15) is 14.6 Å². The maximum absolute atomic E-state index is 10.3. The molecule has 0 aromatic heterocycles. The van der Waals surface area contributed by atoms with Gasteiger partial charge in [0.05, 0.1) is 0 Å². The summed E-state index contributed by atoms with van der Waals surface area (Å²) in [4.78, 5) is 0. The van der Waals surface area contributed by atoms with Crippen LogP contribution in [0, 0.1) is 0 Å². The summed E-state index contributed by atoms with van der Waals surface area (Å²) in [6, 6.07) is 0. The van der Waals surface area contributed by atoms with Crippen LogP contribution in [0.1, 0.15) is 0 Å². The summed E-state index contributed by atoms with van der Waals surface area (Å²) in [6.45, 7) is 0. The monoisotopic (exact) mass is 247 g/mol. The first kappa shape index (κ1) is 24.4. The molecule has 12 heavy (non-hydrogen) atoms. The third-order valence-electron chi connectivity index (χ3n) is 0.481. The van der Waals surface area contributed by atoms with E-state index in [1.807, 2.05) is 4.72 Å².